The lowest BCUT2D eigenvalue weighted by Crippen LogP contribution is -2.33. The Hall–Kier alpha value is -0.280. The Morgan fingerprint density at radius 1 is 1.00 bits per heavy atom. The van der Waals surface area contributed by atoms with E-state index in [1.54, 1.807) is 0 Å². The molecule has 0 saturated carbocycles. The number of carbonyl (C=O) groups is 1. The van der Waals surface area contributed by atoms with Gasteiger partial charge >= 0.3 is 0 Å². The smallest absolute Gasteiger partial charge is 0.235 e. The molecule has 1 fully saturated rings. The summed E-state index contributed by atoms with van der Waals surface area (Å²) in [6, 6.07) is 0. The number of unbranched alkanes of at least 4 members (excludes halogenated alkanes) is 8. The SMILES string of the molecule is CCCCCCCCCCCN1CCC(=O)N1.Cl. The van der Waals surface area contributed by atoms with E-state index in [0.29, 0.717) is 6.42 Å². The van der Waals surface area contributed by atoms with Crippen molar-refractivity contribution in [1.82, 2.24) is 10.4 Å². The Labute approximate surface area is 118 Å². The van der Waals surface area contributed by atoms with Crippen molar-refractivity contribution >= 4 is 18.3 Å². The first kappa shape index (κ1) is 17.7. The largest absolute Gasteiger partial charge is 0.289 e. The maximum atomic E-state index is 11.0. The van der Waals surface area contributed by atoms with Gasteiger partial charge in [-0.1, -0.05) is 58.3 Å². The van der Waals surface area contributed by atoms with Gasteiger partial charge in [-0.2, -0.15) is 0 Å². The molecule has 18 heavy (non-hydrogen) atoms. The molecule has 1 heterocycles. The molecule has 0 aromatic heterocycles. The standard InChI is InChI=1S/C14H28N2O.ClH/c1-2-3-4-5-6-7-8-9-10-12-16-13-11-14(17)15-16;/h2-13H2,1H3,(H,15,17);1H. The monoisotopic (exact) mass is 276 g/mol. The summed E-state index contributed by atoms with van der Waals surface area (Å²) in [5, 5.41) is 2.06. The molecule has 108 valence electrons. The Morgan fingerprint density at radius 2 is 1.56 bits per heavy atom. The molecular weight excluding hydrogens is 248 g/mol. The molecule has 0 unspecified atom stereocenters. The van der Waals surface area contributed by atoms with Crippen LogP contribution in [0, 0.1) is 0 Å². The molecule has 3 nitrogen and oxygen atoms in total. The number of nitrogens with one attached hydrogen (secondary N) is 1. The molecule has 0 radical (unpaired) electrons. The predicted octanol–water partition coefficient (Wildman–Crippen LogP) is 3.68. The number of halogens is 1. The van der Waals surface area contributed by atoms with Crippen LogP contribution in [-0.4, -0.2) is 24.0 Å². The first-order valence-electron chi connectivity index (χ1n) is 7.37. The summed E-state index contributed by atoms with van der Waals surface area (Å²) in [4.78, 5) is 11.0. The zero-order chi connectivity index (χ0) is 12.3. The predicted molar refractivity (Wildman–Crippen MR) is 78.8 cm³/mol. The number of hydrazine groups is 1. The summed E-state index contributed by atoms with van der Waals surface area (Å²) >= 11 is 0. The second-order valence-corrected chi connectivity index (χ2v) is 5.10. The third kappa shape index (κ3) is 8.76. The van der Waals surface area contributed by atoms with Crippen molar-refractivity contribution < 1.29 is 4.79 Å². The number of rotatable bonds is 10. The molecule has 0 aromatic carbocycles. The highest BCUT2D eigenvalue weighted by atomic mass is 35.5. The van der Waals surface area contributed by atoms with Gasteiger partial charge in [-0.3, -0.25) is 10.2 Å². The van der Waals surface area contributed by atoms with E-state index in [1.807, 2.05) is 0 Å². The van der Waals surface area contributed by atoms with E-state index in [2.05, 4.69) is 17.4 Å². The zero-order valence-corrected chi connectivity index (χ0v) is 12.6. The molecule has 1 amide bonds. The van der Waals surface area contributed by atoms with Crippen molar-refractivity contribution in [1.29, 1.82) is 0 Å². The lowest BCUT2D eigenvalue weighted by Gasteiger charge is -2.13. The average Bonchev–Trinajstić information content (AvgIpc) is 2.73. The van der Waals surface area contributed by atoms with E-state index in [1.165, 1.54) is 57.8 Å². The minimum atomic E-state index is 0. The molecule has 4 heteroatoms. The topological polar surface area (TPSA) is 32.3 Å². The molecule has 1 aliphatic rings. The minimum absolute atomic E-state index is 0. The van der Waals surface area contributed by atoms with Crippen LogP contribution in [0.4, 0.5) is 0 Å². The van der Waals surface area contributed by atoms with Crippen molar-refractivity contribution in [2.45, 2.75) is 71.1 Å². The lowest BCUT2D eigenvalue weighted by molar-refractivity contribution is -0.121. The Kier molecular flexibility index (Phi) is 11.6. The van der Waals surface area contributed by atoms with Crippen LogP contribution in [0.15, 0.2) is 0 Å². The first-order valence-corrected chi connectivity index (χ1v) is 7.37. The molecule has 1 aliphatic heterocycles. The van der Waals surface area contributed by atoms with Gasteiger partial charge < -0.3 is 0 Å². The molecule has 0 aromatic rings. The van der Waals surface area contributed by atoms with Crippen LogP contribution < -0.4 is 5.43 Å². The Morgan fingerprint density at radius 3 is 2.06 bits per heavy atom. The molecule has 0 atom stereocenters. The highest BCUT2D eigenvalue weighted by Crippen LogP contribution is 2.10. The maximum Gasteiger partial charge on any atom is 0.235 e. The quantitative estimate of drug-likeness (QED) is 0.618. The van der Waals surface area contributed by atoms with Crippen LogP contribution in [0.25, 0.3) is 0 Å². The molecule has 0 spiro atoms. The number of nitrogens with zero attached hydrogens (tertiary/aromatic N) is 1. The van der Waals surface area contributed by atoms with Crippen molar-refractivity contribution in [2.24, 2.45) is 0 Å². The van der Waals surface area contributed by atoms with E-state index in [4.69, 9.17) is 0 Å². The van der Waals surface area contributed by atoms with E-state index in [0.717, 1.165) is 13.1 Å². The van der Waals surface area contributed by atoms with Gasteiger partial charge in [0, 0.05) is 19.5 Å². The van der Waals surface area contributed by atoms with Gasteiger partial charge in [-0.05, 0) is 6.42 Å². The minimum Gasteiger partial charge on any atom is -0.289 e. The maximum absolute atomic E-state index is 11.0. The van der Waals surface area contributed by atoms with E-state index in [-0.39, 0.29) is 18.3 Å². The fourth-order valence-corrected chi connectivity index (χ4v) is 2.31. The van der Waals surface area contributed by atoms with Gasteiger partial charge in [-0.15, -0.1) is 12.4 Å². The van der Waals surface area contributed by atoms with Gasteiger partial charge in [0.25, 0.3) is 0 Å². The third-order valence-corrected chi connectivity index (χ3v) is 3.42. The first-order chi connectivity index (χ1) is 8.33. The van der Waals surface area contributed by atoms with Crippen molar-refractivity contribution in [3.63, 3.8) is 0 Å². The fraction of sp³-hybridized carbons (Fsp3) is 0.929. The molecule has 0 bridgehead atoms. The second kappa shape index (κ2) is 11.8. The van der Waals surface area contributed by atoms with Gasteiger partial charge in [0.05, 0.1) is 0 Å². The molecular formula is C14H29ClN2O. The highest BCUT2D eigenvalue weighted by Gasteiger charge is 2.16. The summed E-state index contributed by atoms with van der Waals surface area (Å²) in [6.45, 7) is 4.19. The summed E-state index contributed by atoms with van der Waals surface area (Å²) in [5.41, 5.74) is 2.87. The average molecular weight is 277 g/mol. The van der Waals surface area contributed by atoms with Gasteiger partial charge in [-0.25, -0.2) is 5.01 Å². The van der Waals surface area contributed by atoms with Crippen LogP contribution in [-0.2, 0) is 4.79 Å². The number of hydrogen-bond donors (Lipinski definition) is 1. The van der Waals surface area contributed by atoms with Crippen LogP contribution in [0.2, 0.25) is 0 Å². The fourth-order valence-electron chi connectivity index (χ4n) is 2.31. The Bertz CT molecular complexity index is 212. The van der Waals surface area contributed by atoms with Crippen LogP contribution in [0.5, 0.6) is 0 Å². The summed E-state index contributed by atoms with van der Waals surface area (Å²) in [6.07, 6.45) is 12.9. The number of amides is 1. The van der Waals surface area contributed by atoms with Crippen LogP contribution >= 0.6 is 12.4 Å². The summed E-state index contributed by atoms with van der Waals surface area (Å²) < 4.78 is 0. The lowest BCUT2D eigenvalue weighted by atomic mass is 10.1. The van der Waals surface area contributed by atoms with Crippen molar-refractivity contribution in [2.75, 3.05) is 13.1 Å². The number of carbonyl (C=O) groups excluding carboxylic acids is 1. The normalized spacial score (nSPS) is 15.5. The van der Waals surface area contributed by atoms with E-state index in [9.17, 15) is 4.79 Å². The molecule has 1 rings (SSSR count). The van der Waals surface area contributed by atoms with Crippen molar-refractivity contribution in [3.8, 4) is 0 Å². The highest BCUT2D eigenvalue weighted by molar-refractivity contribution is 5.85. The summed E-state index contributed by atoms with van der Waals surface area (Å²) in [7, 11) is 0. The zero-order valence-electron chi connectivity index (χ0n) is 11.7. The number of hydrogen-bond acceptors (Lipinski definition) is 2. The second-order valence-electron chi connectivity index (χ2n) is 5.10. The van der Waals surface area contributed by atoms with E-state index < -0.39 is 0 Å². The molecule has 0 aliphatic carbocycles. The Balaban J connectivity index is 0.00000289. The van der Waals surface area contributed by atoms with Crippen LogP contribution in [0.1, 0.15) is 71.1 Å². The molecule has 1 saturated heterocycles. The third-order valence-electron chi connectivity index (χ3n) is 3.42. The van der Waals surface area contributed by atoms with E-state index >= 15 is 0 Å². The van der Waals surface area contributed by atoms with Gasteiger partial charge in [0.15, 0.2) is 0 Å². The van der Waals surface area contributed by atoms with Gasteiger partial charge in [0.1, 0.15) is 0 Å². The van der Waals surface area contributed by atoms with Gasteiger partial charge in [0.2, 0.25) is 5.91 Å². The van der Waals surface area contributed by atoms with Crippen LogP contribution in [0.3, 0.4) is 0 Å². The summed E-state index contributed by atoms with van der Waals surface area (Å²) in [5.74, 6) is 0.181. The van der Waals surface area contributed by atoms with Crippen molar-refractivity contribution in [3.05, 3.63) is 0 Å². The molecule has 1 N–H and O–H groups in total.